The number of thiophene rings is 1. The number of aliphatic hydroxyl groups is 1. The van der Waals surface area contributed by atoms with Gasteiger partial charge in [0.1, 0.15) is 5.60 Å². The number of aromatic nitrogens is 1. The van der Waals surface area contributed by atoms with Crippen LogP contribution >= 0.6 is 22.7 Å². The van der Waals surface area contributed by atoms with Gasteiger partial charge in [-0.05, 0) is 42.7 Å². The Kier molecular flexibility index (Phi) is 5.93. The van der Waals surface area contributed by atoms with Crippen molar-refractivity contribution in [1.82, 2.24) is 15.6 Å². The Hall–Kier alpha value is -1.44. The molecule has 2 amide bonds. The van der Waals surface area contributed by atoms with E-state index in [9.17, 15) is 9.90 Å². The van der Waals surface area contributed by atoms with Crippen LogP contribution in [0.25, 0.3) is 0 Å². The molecule has 0 unspecified atom stereocenters. The van der Waals surface area contributed by atoms with Crippen LogP contribution in [0.4, 0.5) is 4.79 Å². The summed E-state index contributed by atoms with van der Waals surface area (Å²) in [6, 6.07) is 1.60. The van der Waals surface area contributed by atoms with Crippen molar-refractivity contribution in [3.8, 4) is 0 Å². The molecule has 22 heavy (non-hydrogen) atoms. The van der Waals surface area contributed by atoms with Gasteiger partial charge in [0.05, 0.1) is 11.6 Å². The lowest BCUT2D eigenvalue weighted by Crippen LogP contribution is -2.43. The van der Waals surface area contributed by atoms with Gasteiger partial charge in [-0.25, -0.2) is 9.78 Å². The number of carbonyl (C=O) groups excluding carboxylic acids is 1. The maximum absolute atomic E-state index is 11.7. The van der Waals surface area contributed by atoms with E-state index < -0.39 is 5.60 Å². The maximum atomic E-state index is 11.7. The summed E-state index contributed by atoms with van der Waals surface area (Å²) in [6.07, 6.45) is 1.71. The number of urea groups is 1. The number of aryl methyl sites for hydroxylation is 2. The van der Waals surface area contributed by atoms with E-state index in [1.165, 1.54) is 11.3 Å². The first-order chi connectivity index (χ1) is 10.5. The Morgan fingerprint density at radius 3 is 2.86 bits per heavy atom. The van der Waals surface area contributed by atoms with Gasteiger partial charge >= 0.3 is 6.03 Å². The summed E-state index contributed by atoms with van der Waals surface area (Å²) in [7, 11) is 0. The topological polar surface area (TPSA) is 74.2 Å². The Morgan fingerprint density at radius 2 is 2.23 bits per heavy atom. The molecule has 0 aliphatic rings. The minimum atomic E-state index is -1.05. The van der Waals surface area contributed by atoms with Crippen molar-refractivity contribution in [3.05, 3.63) is 38.5 Å². The van der Waals surface area contributed by atoms with Gasteiger partial charge in [-0.15, -0.1) is 11.3 Å². The quantitative estimate of drug-likeness (QED) is 0.679. The fourth-order valence-corrected chi connectivity index (χ4v) is 3.55. The van der Waals surface area contributed by atoms with Gasteiger partial charge in [0, 0.05) is 24.0 Å². The van der Waals surface area contributed by atoms with E-state index in [0.717, 1.165) is 29.1 Å². The second-order valence-corrected chi connectivity index (χ2v) is 7.10. The summed E-state index contributed by atoms with van der Waals surface area (Å²) in [4.78, 5) is 16.1. The largest absolute Gasteiger partial charge is 0.384 e. The van der Waals surface area contributed by atoms with Gasteiger partial charge in [0.2, 0.25) is 0 Å². The zero-order valence-electron chi connectivity index (χ0n) is 12.8. The fourth-order valence-electron chi connectivity index (χ4n) is 1.95. The van der Waals surface area contributed by atoms with E-state index in [-0.39, 0.29) is 12.6 Å². The van der Waals surface area contributed by atoms with Gasteiger partial charge in [-0.2, -0.15) is 11.3 Å². The van der Waals surface area contributed by atoms with Crippen molar-refractivity contribution < 1.29 is 9.90 Å². The molecule has 3 N–H and O–H groups in total. The van der Waals surface area contributed by atoms with Crippen LogP contribution in [-0.2, 0) is 12.0 Å². The highest BCUT2D eigenvalue weighted by Gasteiger charge is 2.23. The number of nitrogens with one attached hydrogen (secondary N) is 2. The Labute approximate surface area is 138 Å². The molecule has 1 atom stereocenters. The van der Waals surface area contributed by atoms with Gasteiger partial charge < -0.3 is 15.7 Å². The number of rotatable bonds is 7. The monoisotopic (exact) mass is 339 g/mol. The molecular weight excluding hydrogens is 318 g/mol. The summed E-state index contributed by atoms with van der Waals surface area (Å²) in [5.41, 5.74) is 0.814. The van der Waals surface area contributed by atoms with E-state index in [2.05, 4.69) is 15.6 Å². The van der Waals surface area contributed by atoms with E-state index in [0.29, 0.717) is 6.54 Å². The molecule has 2 aromatic rings. The highest BCUT2D eigenvalue weighted by molar-refractivity contribution is 7.09. The van der Waals surface area contributed by atoms with Gasteiger partial charge in [0.25, 0.3) is 0 Å². The molecule has 0 bridgehead atoms. The van der Waals surface area contributed by atoms with E-state index in [1.807, 2.05) is 29.1 Å². The minimum absolute atomic E-state index is 0.182. The van der Waals surface area contributed by atoms with Crippen molar-refractivity contribution in [2.45, 2.75) is 32.3 Å². The lowest BCUT2D eigenvalue weighted by Gasteiger charge is -2.22. The number of nitrogens with zero attached hydrogens (tertiary/aromatic N) is 1. The third kappa shape index (κ3) is 5.08. The number of carbonyl (C=O) groups is 1. The van der Waals surface area contributed by atoms with Crippen molar-refractivity contribution in [3.63, 3.8) is 0 Å². The average molecular weight is 339 g/mol. The molecule has 5 nitrogen and oxygen atoms in total. The van der Waals surface area contributed by atoms with Gasteiger partial charge in [0.15, 0.2) is 0 Å². The molecule has 0 radical (unpaired) electrons. The van der Waals surface area contributed by atoms with Crippen LogP contribution in [0.1, 0.15) is 29.6 Å². The molecule has 2 heterocycles. The third-order valence-electron chi connectivity index (χ3n) is 3.26. The van der Waals surface area contributed by atoms with Crippen LogP contribution in [0.3, 0.4) is 0 Å². The van der Waals surface area contributed by atoms with E-state index in [1.54, 1.807) is 18.3 Å². The number of amides is 2. The Balaban J connectivity index is 1.64. The van der Waals surface area contributed by atoms with Crippen LogP contribution in [0, 0.1) is 6.92 Å². The van der Waals surface area contributed by atoms with E-state index in [4.69, 9.17) is 0 Å². The molecule has 7 heteroatoms. The molecule has 0 aliphatic heterocycles. The van der Waals surface area contributed by atoms with Gasteiger partial charge in [-0.3, -0.25) is 0 Å². The molecule has 0 aromatic carbocycles. The summed E-state index contributed by atoms with van der Waals surface area (Å²) in [5, 5.41) is 22.7. The first-order valence-corrected chi connectivity index (χ1v) is 8.97. The van der Waals surface area contributed by atoms with Crippen LogP contribution in [0.5, 0.6) is 0 Å². The smallest absolute Gasteiger partial charge is 0.314 e. The van der Waals surface area contributed by atoms with E-state index >= 15 is 0 Å². The van der Waals surface area contributed by atoms with Crippen LogP contribution in [-0.4, -0.2) is 29.2 Å². The SMILES string of the molecule is Cc1csc(CCCNC(=O)NC[C@](C)(O)c2ccsc2)n1. The van der Waals surface area contributed by atoms with Crippen LogP contribution in [0.15, 0.2) is 22.2 Å². The molecule has 0 saturated carbocycles. The fraction of sp³-hybridized carbons (Fsp3) is 0.467. The number of hydrogen-bond donors (Lipinski definition) is 3. The van der Waals surface area contributed by atoms with Crippen molar-refractivity contribution in [2.75, 3.05) is 13.1 Å². The molecule has 120 valence electrons. The first kappa shape index (κ1) is 16.9. The summed E-state index contributed by atoms with van der Waals surface area (Å²) >= 11 is 3.17. The molecule has 0 saturated heterocycles. The Morgan fingerprint density at radius 1 is 1.41 bits per heavy atom. The van der Waals surface area contributed by atoms with Crippen molar-refractivity contribution in [1.29, 1.82) is 0 Å². The number of hydrogen-bond acceptors (Lipinski definition) is 5. The lowest BCUT2D eigenvalue weighted by atomic mass is 9.99. The normalized spacial score (nSPS) is 13.6. The Bertz CT molecular complexity index is 594. The minimum Gasteiger partial charge on any atom is -0.384 e. The standard InChI is InChI=1S/C15H21N3O2S2/c1-11-8-22-13(18-11)4-3-6-16-14(19)17-10-15(2,20)12-5-7-21-9-12/h5,7-9,20H,3-4,6,10H2,1-2H3,(H2,16,17,19)/t15-/m0/s1. The summed E-state index contributed by atoms with van der Waals surface area (Å²) < 4.78 is 0. The summed E-state index contributed by atoms with van der Waals surface area (Å²) in [5.74, 6) is 0. The zero-order valence-corrected chi connectivity index (χ0v) is 14.4. The molecule has 0 fully saturated rings. The summed E-state index contributed by atoms with van der Waals surface area (Å²) in [6.45, 7) is 4.44. The zero-order chi connectivity index (χ0) is 16.0. The van der Waals surface area contributed by atoms with Crippen molar-refractivity contribution in [2.24, 2.45) is 0 Å². The molecule has 2 aromatic heterocycles. The second-order valence-electron chi connectivity index (χ2n) is 5.38. The molecular formula is C15H21N3O2S2. The highest BCUT2D eigenvalue weighted by atomic mass is 32.1. The third-order valence-corrected chi connectivity index (χ3v) is 4.97. The molecule has 0 aliphatic carbocycles. The predicted molar refractivity (Wildman–Crippen MR) is 90.5 cm³/mol. The molecule has 2 rings (SSSR count). The van der Waals surface area contributed by atoms with Crippen LogP contribution in [0.2, 0.25) is 0 Å². The first-order valence-electron chi connectivity index (χ1n) is 7.15. The average Bonchev–Trinajstić information content (AvgIpc) is 3.13. The second kappa shape index (κ2) is 7.71. The number of thiazole rings is 1. The maximum Gasteiger partial charge on any atom is 0.314 e. The van der Waals surface area contributed by atoms with Crippen LogP contribution < -0.4 is 10.6 Å². The molecule has 0 spiro atoms. The highest BCUT2D eigenvalue weighted by Crippen LogP contribution is 2.21. The lowest BCUT2D eigenvalue weighted by molar-refractivity contribution is 0.0598. The van der Waals surface area contributed by atoms with Gasteiger partial charge in [-0.1, -0.05) is 0 Å². The predicted octanol–water partition coefficient (Wildman–Crippen LogP) is 2.65. The van der Waals surface area contributed by atoms with Crippen molar-refractivity contribution >= 4 is 28.7 Å².